The lowest BCUT2D eigenvalue weighted by Crippen LogP contribution is -1.88. The van der Waals surface area contributed by atoms with Gasteiger partial charge in [0.05, 0.1) is 16.2 Å². The molecule has 0 aliphatic carbocycles. The molecule has 92 valence electrons. The van der Waals surface area contributed by atoms with Gasteiger partial charge in [0.1, 0.15) is 6.29 Å². The van der Waals surface area contributed by atoms with Gasteiger partial charge in [-0.1, -0.05) is 48.0 Å². The lowest BCUT2D eigenvalue weighted by molar-refractivity contribution is 0.112. The van der Waals surface area contributed by atoms with Gasteiger partial charge in [-0.15, -0.1) is 0 Å². The Labute approximate surface area is 115 Å². The summed E-state index contributed by atoms with van der Waals surface area (Å²) in [4.78, 5) is 15.3. The fourth-order valence-corrected chi connectivity index (χ4v) is 2.31. The van der Waals surface area contributed by atoms with E-state index in [1.54, 1.807) is 12.1 Å². The van der Waals surface area contributed by atoms with Crippen molar-refractivity contribution >= 4 is 28.8 Å². The number of pyridine rings is 1. The number of aromatic nitrogens is 1. The van der Waals surface area contributed by atoms with Crippen molar-refractivity contribution in [3.63, 3.8) is 0 Å². The van der Waals surface area contributed by atoms with Gasteiger partial charge >= 0.3 is 0 Å². The van der Waals surface area contributed by atoms with Crippen LogP contribution in [0, 0.1) is 0 Å². The van der Waals surface area contributed by atoms with Crippen molar-refractivity contribution in [2.24, 2.45) is 0 Å². The quantitative estimate of drug-likeness (QED) is 0.646. The lowest BCUT2D eigenvalue weighted by Gasteiger charge is -2.06. The van der Waals surface area contributed by atoms with Crippen molar-refractivity contribution in [3.8, 4) is 11.3 Å². The van der Waals surface area contributed by atoms with Gasteiger partial charge in [-0.2, -0.15) is 0 Å². The summed E-state index contributed by atoms with van der Waals surface area (Å²) >= 11 is 6.19. The number of carbonyl (C=O) groups is 1. The predicted octanol–water partition coefficient (Wildman–Crippen LogP) is 4.37. The van der Waals surface area contributed by atoms with E-state index in [0.29, 0.717) is 10.6 Å². The number of para-hydroxylation sites is 1. The maximum Gasteiger partial charge on any atom is 0.150 e. The second kappa shape index (κ2) is 4.82. The van der Waals surface area contributed by atoms with Crippen molar-refractivity contribution in [2.75, 3.05) is 0 Å². The van der Waals surface area contributed by atoms with Crippen LogP contribution >= 0.6 is 11.6 Å². The Hall–Kier alpha value is -2.19. The van der Waals surface area contributed by atoms with Gasteiger partial charge in [0.25, 0.3) is 0 Å². The monoisotopic (exact) mass is 267 g/mol. The fraction of sp³-hybridized carbons (Fsp3) is 0. The van der Waals surface area contributed by atoms with Crippen LogP contribution < -0.4 is 0 Å². The molecule has 2 nitrogen and oxygen atoms in total. The second-order valence-electron chi connectivity index (χ2n) is 4.25. The summed E-state index contributed by atoms with van der Waals surface area (Å²) in [5.41, 5.74) is 3.13. The van der Waals surface area contributed by atoms with E-state index in [4.69, 9.17) is 11.6 Å². The van der Waals surface area contributed by atoms with Gasteiger partial charge in [0.15, 0.2) is 0 Å². The molecule has 1 aromatic heterocycles. The van der Waals surface area contributed by atoms with Crippen molar-refractivity contribution in [2.45, 2.75) is 0 Å². The molecule has 0 saturated carbocycles. The Bertz CT molecular complexity index is 768. The Kier molecular flexibility index (Phi) is 3.02. The third-order valence-corrected chi connectivity index (χ3v) is 3.32. The number of halogens is 1. The highest BCUT2D eigenvalue weighted by atomic mass is 35.5. The van der Waals surface area contributed by atoms with Crippen molar-refractivity contribution in [3.05, 3.63) is 65.2 Å². The van der Waals surface area contributed by atoms with E-state index in [2.05, 4.69) is 4.98 Å². The number of fused-ring (bicyclic) bond motifs is 1. The van der Waals surface area contributed by atoms with Gasteiger partial charge in [-0.05, 0) is 18.2 Å². The summed E-state index contributed by atoms with van der Waals surface area (Å²) in [6, 6.07) is 17.1. The van der Waals surface area contributed by atoms with Crippen LogP contribution in [0.25, 0.3) is 22.2 Å². The Morgan fingerprint density at radius 2 is 1.84 bits per heavy atom. The average molecular weight is 268 g/mol. The van der Waals surface area contributed by atoms with Gasteiger partial charge in [0, 0.05) is 16.5 Å². The molecule has 0 spiro atoms. The normalized spacial score (nSPS) is 10.6. The molecule has 0 atom stereocenters. The molecule has 0 aliphatic heterocycles. The van der Waals surface area contributed by atoms with E-state index in [-0.39, 0.29) is 0 Å². The average Bonchev–Trinajstić information content (AvgIpc) is 2.46. The van der Waals surface area contributed by atoms with Crippen molar-refractivity contribution in [1.29, 1.82) is 0 Å². The van der Waals surface area contributed by atoms with Gasteiger partial charge in [-0.25, -0.2) is 4.98 Å². The smallest absolute Gasteiger partial charge is 0.150 e. The summed E-state index contributed by atoms with van der Waals surface area (Å²) < 4.78 is 0. The highest BCUT2D eigenvalue weighted by molar-refractivity contribution is 6.33. The molecule has 1 heterocycles. The first kappa shape index (κ1) is 11.9. The van der Waals surface area contributed by atoms with Crippen LogP contribution in [0.4, 0.5) is 0 Å². The topological polar surface area (TPSA) is 30.0 Å². The zero-order chi connectivity index (χ0) is 13.2. The Morgan fingerprint density at radius 1 is 1.00 bits per heavy atom. The first-order chi connectivity index (χ1) is 9.28. The van der Waals surface area contributed by atoms with Crippen LogP contribution in [-0.4, -0.2) is 11.3 Å². The molecule has 0 radical (unpaired) electrons. The van der Waals surface area contributed by atoms with Gasteiger partial charge < -0.3 is 0 Å². The second-order valence-corrected chi connectivity index (χ2v) is 4.65. The van der Waals surface area contributed by atoms with E-state index in [1.807, 2.05) is 42.5 Å². The molecular weight excluding hydrogens is 258 g/mol. The van der Waals surface area contributed by atoms with Crippen molar-refractivity contribution < 1.29 is 4.79 Å². The number of hydrogen-bond donors (Lipinski definition) is 0. The summed E-state index contributed by atoms with van der Waals surface area (Å²) in [6.07, 6.45) is 0.781. The molecule has 2 aromatic carbocycles. The number of carbonyl (C=O) groups excluding carboxylic acids is 1. The number of hydrogen-bond acceptors (Lipinski definition) is 2. The van der Waals surface area contributed by atoms with E-state index in [1.165, 1.54) is 0 Å². The van der Waals surface area contributed by atoms with E-state index >= 15 is 0 Å². The lowest BCUT2D eigenvalue weighted by atomic mass is 10.1. The first-order valence-corrected chi connectivity index (χ1v) is 6.26. The predicted molar refractivity (Wildman–Crippen MR) is 77.6 cm³/mol. The maximum absolute atomic E-state index is 10.7. The highest BCUT2D eigenvalue weighted by Crippen LogP contribution is 2.28. The third kappa shape index (κ3) is 2.23. The van der Waals surface area contributed by atoms with Crippen LogP contribution in [0.2, 0.25) is 5.02 Å². The number of benzene rings is 2. The number of nitrogens with zero attached hydrogens (tertiary/aromatic N) is 1. The third-order valence-electron chi connectivity index (χ3n) is 3.00. The molecule has 0 aliphatic rings. The Morgan fingerprint density at radius 3 is 2.63 bits per heavy atom. The molecule has 0 unspecified atom stereocenters. The van der Waals surface area contributed by atoms with Crippen molar-refractivity contribution in [1.82, 2.24) is 4.98 Å². The van der Waals surface area contributed by atoms with Gasteiger partial charge in [0.2, 0.25) is 0 Å². The van der Waals surface area contributed by atoms with E-state index in [9.17, 15) is 4.79 Å². The fourth-order valence-electron chi connectivity index (χ4n) is 2.03. The molecule has 0 fully saturated rings. The van der Waals surface area contributed by atoms with Crippen LogP contribution in [0.1, 0.15) is 10.4 Å². The number of aldehydes is 1. The minimum atomic E-state index is 0.535. The SMILES string of the molecule is O=Cc1ccc(-c2ccc3ccccc3n2)c(Cl)c1. The number of rotatable bonds is 2. The molecule has 3 heteroatoms. The summed E-state index contributed by atoms with van der Waals surface area (Å²) in [6.45, 7) is 0. The molecule has 0 saturated heterocycles. The highest BCUT2D eigenvalue weighted by Gasteiger charge is 2.06. The van der Waals surface area contributed by atoms with E-state index in [0.717, 1.165) is 28.4 Å². The molecule has 19 heavy (non-hydrogen) atoms. The van der Waals surface area contributed by atoms with E-state index < -0.39 is 0 Å². The van der Waals surface area contributed by atoms with Crippen LogP contribution in [0.3, 0.4) is 0 Å². The molecule has 3 rings (SSSR count). The largest absolute Gasteiger partial charge is 0.298 e. The standard InChI is InChI=1S/C16H10ClNO/c17-14-9-11(10-19)5-7-13(14)16-8-6-12-3-1-2-4-15(12)18-16/h1-10H. The molecule has 0 N–H and O–H groups in total. The summed E-state index contributed by atoms with van der Waals surface area (Å²) in [5, 5.41) is 1.62. The minimum Gasteiger partial charge on any atom is -0.298 e. The first-order valence-electron chi connectivity index (χ1n) is 5.89. The summed E-state index contributed by atoms with van der Waals surface area (Å²) in [5.74, 6) is 0. The van der Waals surface area contributed by atoms with Crippen LogP contribution in [0.15, 0.2) is 54.6 Å². The van der Waals surface area contributed by atoms with Crippen LogP contribution in [0.5, 0.6) is 0 Å². The maximum atomic E-state index is 10.7. The zero-order valence-corrected chi connectivity index (χ0v) is 10.8. The zero-order valence-electron chi connectivity index (χ0n) is 10.0. The molecule has 3 aromatic rings. The molecular formula is C16H10ClNO. The molecule has 0 bridgehead atoms. The van der Waals surface area contributed by atoms with Gasteiger partial charge in [-0.3, -0.25) is 4.79 Å². The Balaban J connectivity index is 2.16. The minimum absolute atomic E-state index is 0.535. The summed E-state index contributed by atoms with van der Waals surface area (Å²) in [7, 11) is 0. The van der Waals surface area contributed by atoms with Crippen LogP contribution in [-0.2, 0) is 0 Å². The molecule has 0 amide bonds.